The molecular weight excluding hydrogens is 440 g/mol. The van der Waals surface area contributed by atoms with Crippen molar-refractivity contribution in [2.75, 3.05) is 13.7 Å². The lowest BCUT2D eigenvalue weighted by Crippen LogP contribution is -2.17. The number of amides is 1. The first-order valence-electron chi connectivity index (χ1n) is 11.5. The Morgan fingerprint density at radius 1 is 0.886 bits per heavy atom. The number of methoxy groups -OCH3 is 1. The molecule has 0 aliphatic carbocycles. The van der Waals surface area contributed by atoms with Gasteiger partial charge in [-0.2, -0.15) is 5.10 Å². The Kier molecular flexibility index (Phi) is 7.96. The summed E-state index contributed by atoms with van der Waals surface area (Å²) >= 11 is 0. The van der Waals surface area contributed by atoms with Crippen molar-refractivity contribution in [1.29, 1.82) is 0 Å². The maximum Gasteiger partial charge on any atom is 0.271 e. The first-order valence-corrected chi connectivity index (χ1v) is 11.5. The van der Waals surface area contributed by atoms with E-state index in [2.05, 4.69) is 34.8 Å². The fourth-order valence-electron chi connectivity index (χ4n) is 3.66. The lowest BCUT2D eigenvalue weighted by Gasteiger charge is -2.11. The number of hydrogen-bond donors (Lipinski definition) is 1. The van der Waals surface area contributed by atoms with Crippen LogP contribution in [0.15, 0.2) is 90.0 Å². The highest BCUT2D eigenvalue weighted by molar-refractivity contribution is 5.95. The van der Waals surface area contributed by atoms with Gasteiger partial charge in [-0.15, -0.1) is 0 Å². The number of carbonyl (C=O) groups is 1. The van der Waals surface area contributed by atoms with Crippen LogP contribution >= 0.6 is 0 Å². The molecule has 0 bridgehead atoms. The van der Waals surface area contributed by atoms with Gasteiger partial charge in [0.15, 0.2) is 11.5 Å². The van der Waals surface area contributed by atoms with Crippen molar-refractivity contribution in [1.82, 2.24) is 5.43 Å². The van der Waals surface area contributed by atoms with Crippen LogP contribution in [-0.2, 0) is 6.61 Å². The number of nitrogens with one attached hydrogen (secondary N) is 1. The first kappa shape index (κ1) is 23.8. The zero-order chi connectivity index (χ0) is 24.5. The predicted octanol–water partition coefficient (Wildman–Crippen LogP) is 5.98. The van der Waals surface area contributed by atoms with Crippen molar-refractivity contribution in [2.45, 2.75) is 20.0 Å². The summed E-state index contributed by atoms with van der Waals surface area (Å²) in [5, 5.41) is 6.47. The number of hydrazone groups is 1. The highest BCUT2D eigenvalue weighted by Gasteiger charge is 2.11. The van der Waals surface area contributed by atoms with Crippen LogP contribution in [0.5, 0.6) is 17.2 Å². The predicted molar refractivity (Wildman–Crippen MR) is 139 cm³/mol. The lowest BCUT2D eigenvalue weighted by molar-refractivity contribution is 0.0954. The normalized spacial score (nSPS) is 10.9. The van der Waals surface area contributed by atoms with Crippen LogP contribution in [0.3, 0.4) is 0 Å². The standard InChI is InChI=1S/C29H28N2O4/c1-3-17-34-27-16-15-22(18-28(27)33-2)29(32)31-30-19-23-10-5-7-14-26(23)35-20-24-12-8-11-21-9-4-6-13-25(21)24/h4-16,18-19H,3,17,20H2,1-2H3,(H,31,32)/b30-19+. The Labute approximate surface area is 205 Å². The Morgan fingerprint density at radius 3 is 2.54 bits per heavy atom. The number of fused-ring (bicyclic) bond motifs is 1. The fraction of sp³-hybridized carbons (Fsp3) is 0.172. The monoisotopic (exact) mass is 468 g/mol. The van der Waals surface area contributed by atoms with Gasteiger partial charge in [0.25, 0.3) is 5.91 Å². The van der Waals surface area contributed by atoms with Gasteiger partial charge in [-0.25, -0.2) is 5.43 Å². The summed E-state index contributed by atoms with van der Waals surface area (Å²) in [5.74, 6) is 1.43. The summed E-state index contributed by atoms with van der Waals surface area (Å²) < 4.78 is 17.1. The minimum Gasteiger partial charge on any atom is -0.493 e. The number of hydrogen-bond acceptors (Lipinski definition) is 5. The minimum atomic E-state index is -0.351. The molecule has 0 atom stereocenters. The SMILES string of the molecule is CCCOc1ccc(C(=O)N/N=C/c2ccccc2OCc2cccc3ccccc23)cc1OC. The zero-order valence-corrected chi connectivity index (χ0v) is 19.9. The van der Waals surface area contributed by atoms with E-state index in [1.54, 1.807) is 31.5 Å². The average Bonchev–Trinajstić information content (AvgIpc) is 2.91. The summed E-state index contributed by atoms with van der Waals surface area (Å²) in [6, 6.07) is 27.0. The van der Waals surface area contributed by atoms with Crippen molar-refractivity contribution in [3.05, 3.63) is 102 Å². The molecule has 0 saturated carbocycles. The van der Waals surface area contributed by atoms with Gasteiger partial charge in [-0.05, 0) is 53.1 Å². The Hall–Kier alpha value is -4.32. The van der Waals surface area contributed by atoms with Crippen molar-refractivity contribution >= 4 is 22.9 Å². The van der Waals surface area contributed by atoms with Gasteiger partial charge in [0.05, 0.1) is 19.9 Å². The summed E-state index contributed by atoms with van der Waals surface area (Å²) in [5.41, 5.74) is 4.84. The molecule has 0 aliphatic heterocycles. The number of ether oxygens (including phenoxy) is 3. The molecule has 178 valence electrons. The van der Waals surface area contributed by atoms with Crippen LogP contribution in [0.25, 0.3) is 10.8 Å². The van der Waals surface area contributed by atoms with Crippen molar-refractivity contribution in [3.63, 3.8) is 0 Å². The second kappa shape index (κ2) is 11.7. The van der Waals surface area contributed by atoms with Gasteiger partial charge in [-0.3, -0.25) is 4.79 Å². The first-order chi connectivity index (χ1) is 17.2. The van der Waals surface area contributed by atoms with E-state index in [1.165, 1.54) is 5.39 Å². The van der Waals surface area contributed by atoms with Crippen LogP contribution in [0.1, 0.15) is 34.8 Å². The molecule has 0 fully saturated rings. The largest absolute Gasteiger partial charge is 0.493 e. The summed E-state index contributed by atoms with van der Waals surface area (Å²) in [6.07, 6.45) is 2.46. The molecule has 35 heavy (non-hydrogen) atoms. The Morgan fingerprint density at radius 2 is 1.69 bits per heavy atom. The average molecular weight is 469 g/mol. The molecule has 6 nitrogen and oxygen atoms in total. The number of benzene rings is 4. The minimum absolute atomic E-state index is 0.351. The van der Waals surface area contributed by atoms with Crippen LogP contribution in [0.2, 0.25) is 0 Å². The number of rotatable bonds is 10. The van der Waals surface area contributed by atoms with E-state index in [0.717, 1.165) is 22.9 Å². The van der Waals surface area contributed by atoms with E-state index in [9.17, 15) is 4.79 Å². The van der Waals surface area contributed by atoms with Crippen LogP contribution in [0, 0.1) is 0 Å². The molecule has 4 rings (SSSR count). The Balaban J connectivity index is 1.42. The van der Waals surface area contributed by atoms with Crippen LogP contribution in [0.4, 0.5) is 0 Å². The third kappa shape index (κ3) is 5.98. The molecule has 0 heterocycles. The molecule has 0 aliphatic rings. The van der Waals surface area contributed by atoms with Crippen molar-refractivity contribution in [3.8, 4) is 17.2 Å². The maximum absolute atomic E-state index is 12.6. The lowest BCUT2D eigenvalue weighted by atomic mass is 10.1. The van der Waals surface area contributed by atoms with Gasteiger partial charge in [0.1, 0.15) is 12.4 Å². The Bertz CT molecular complexity index is 1330. The van der Waals surface area contributed by atoms with Gasteiger partial charge >= 0.3 is 0 Å². The highest BCUT2D eigenvalue weighted by Crippen LogP contribution is 2.28. The third-order valence-electron chi connectivity index (χ3n) is 5.44. The second-order valence-corrected chi connectivity index (χ2v) is 7.88. The number of nitrogens with zero attached hydrogens (tertiary/aromatic N) is 1. The van der Waals surface area contributed by atoms with E-state index < -0.39 is 0 Å². The van der Waals surface area contributed by atoms with Crippen molar-refractivity contribution < 1.29 is 19.0 Å². The second-order valence-electron chi connectivity index (χ2n) is 7.88. The van der Waals surface area contributed by atoms with Gasteiger partial charge in [0, 0.05) is 11.1 Å². The molecule has 0 spiro atoms. The van der Waals surface area contributed by atoms with E-state index in [1.807, 2.05) is 49.4 Å². The molecular formula is C29H28N2O4. The van der Waals surface area contributed by atoms with Crippen LogP contribution in [-0.4, -0.2) is 25.8 Å². The maximum atomic E-state index is 12.6. The van der Waals surface area contributed by atoms with E-state index >= 15 is 0 Å². The quantitative estimate of drug-likeness (QED) is 0.230. The van der Waals surface area contributed by atoms with E-state index in [0.29, 0.717) is 36.0 Å². The van der Waals surface area contributed by atoms with E-state index in [4.69, 9.17) is 14.2 Å². The topological polar surface area (TPSA) is 69.2 Å². The molecule has 0 unspecified atom stereocenters. The smallest absolute Gasteiger partial charge is 0.271 e. The summed E-state index contributed by atoms with van der Waals surface area (Å²) in [7, 11) is 1.54. The van der Waals surface area contributed by atoms with Gasteiger partial charge in [-0.1, -0.05) is 61.5 Å². The zero-order valence-electron chi connectivity index (χ0n) is 19.9. The molecule has 0 radical (unpaired) electrons. The number of carbonyl (C=O) groups excluding carboxylic acids is 1. The molecule has 1 N–H and O–H groups in total. The van der Waals surface area contributed by atoms with Crippen molar-refractivity contribution in [2.24, 2.45) is 5.10 Å². The molecule has 1 amide bonds. The van der Waals surface area contributed by atoms with Gasteiger partial charge < -0.3 is 14.2 Å². The highest BCUT2D eigenvalue weighted by atomic mass is 16.5. The molecule has 4 aromatic rings. The summed E-state index contributed by atoms with van der Waals surface area (Å²) in [6.45, 7) is 3.03. The molecule has 4 aromatic carbocycles. The van der Waals surface area contributed by atoms with Crippen LogP contribution < -0.4 is 19.6 Å². The summed E-state index contributed by atoms with van der Waals surface area (Å²) in [4.78, 5) is 12.6. The molecule has 0 saturated heterocycles. The van der Waals surface area contributed by atoms with E-state index in [-0.39, 0.29) is 5.91 Å². The molecule has 6 heteroatoms. The fourth-order valence-corrected chi connectivity index (χ4v) is 3.66. The van der Waals surface area contributed by atoms with Gasteiger partial charge in [0.2, 0.25) is 0 Å². The number of para-hydroxylation sites is 1. The molecule has 0 aromatic heterocycles. The third-order valence-corrected chi connectivity index (χ3v) is 5.44.